The number of amidine groups is 1. The fourth-order valence-corrected chi connectivity index (χ4v) is 20.3. The molecule has 137 heavy (non-hydrogen) atoms. The van der Waals surface area contributed by atoms with E-state index in [9.17, 15) is 49.5 Å². The number of ether oxygens (including phenoxy) is 3. The summed E-state index contributed by atoms with van der Waals surface area (Å²) in [6.45, 7) is 28.2. The standard InChI is InChI=1S/C26H34N4O2S.C21H27N3O4.C21H31N3O2.C16H19N3O2.C14H12N2O3.C6H7NS2.ClH/c1-5-30(25(31)32-26(2,3)4)19-11-8-17(9-12-19)21-16-28-22-13-10-18(15-20(21)22)29-24(27)23-7-6-14-33-23;1-5-23(20(25)28-21(2,3)4)15-8-6-14(7-9-15)18-13-22-19-11-10-16(24(26)27)12-17(18)19;1-5-24(20(25)26-21(2,3)4)16-9-6-14(7-10-16)18-13-23-19-11-8-15(22)12-17(18)19;1-2-17-12-5-3-11(4-6-12)15-10-18-16-8-7-13(19(20)21)9-14(15)16;17-11-4-1-9(2-5-11)13-8-15-14-6-3-10(16(18)19)7-12(13)14;1-8-6(7)5-3-2-4-9-5;/h6-7,10,13-17,19,28H,5,8-9,11-12H2,1-4H3,(H2,27,29);6,10-13,15,22H,5,7-9H2,1-4H3;8,11-14,16,23H,5-7,9-10,22H2,1-4H3;3,7-10,12,17-18H,2,4-6H2,1H3;1,3,6-8,15H,2,4-5H2;2-4,7H,1H3;1H. The van der Waals surface area contributed by atoms with Crippen LogP contribution in [0.15, 0.2) is 180 Å². The SMILES string of the molecule is CCN(C(=O)OC(C)(C)C)C1CC=C(c2c[nH]c3ccc([N+](=O)[O-])cc23)CC1.CCN(C(=O)OC(C)(C)C)C1CCC(c2c[nH]c3ccc(N)cc23)CC1.CCN(C(=O)OC(C)(C)C)C1CCC(c2c[nH]c3ccc(N=C(N)c4cccs4)cc23)CC1.CCNC1CC=C(c2c[nH]c3ccc([N+](=O)[O-])cc23)CC1.CSC(=N)c1cccs1.Cl.O=C1CC=C(c2c[nH]c3ccc([N+](=O)[O-])cc23)CC1. The molecule has 29 nitrogen and oxygen atoms in total. The lowest BCUT2D eigenvalue weighted by Crippen LogP contribution is -2.44. The number of aromatic amines is 5. The van der Waals surface area contributed by atoms with Gasteiger partial charge >= 0.3 is 18.3 Å². The predicted molar refractivity (Wildman–Crippen MR) is 560 cm³/mol. The number of Topliss-reactive ketones (excluding diaryl/α,β-unsaturated/α-hetero) is 1. The van der Waals surface area contributed by atoms with Gasteiger partial charge in [0, 0.05) is 201 Å². The van der Waals surface area contributed by atoms with Gasteiger partial charge in [0.2, 0.25) is 0 Å². The number of allylic oxidation sites excluding steroid dienone is 4. The van der Waals surface area contributed by atoms with E-state index in [1.54, 1.807) is 70.0 Å². The molecule has 7 heterocycles. The lowest BCUT2D eigenvalue weighted by atomic mass is 9.81. The Morgan fingerprint density at radius 1 is 0.496 bits per heavy atom. The van der Waals surface area contributed by atoms with Gasteiger partial charge in [-0.3, -0.25) is 40.5 Å². The van der Waals surface area contributed by atoms with Crippen molar-refractivity contribution in [3.05, 3.63) is 243 Å². The number of nitrogen functional groups attached to an aromatic ring is 1. The van der Waals surface area contributed by atoms with Gasteiger partial charge in [-0.2, -0.15) is 0 Å². The number of aliphatic imine (C=N–C) groups is 1. The second kappa shape index (κ2) is 47.6. The molecular formula is C104H131ClN16O13S3. The Morgan fingerprint density at radius 2 is 0.891 bits per heavy atom. The van der Waals surface area contributed by atoms with Crippen molar-refractivity contribution in [3.63, 3.8) is 0 Å². The molecule has 0 spiro atoms. The van der Waals surface area contributed by atoms with Crippen molar-refractivity contribution in [1.82, 2.24) is 44.9 Å². The summed E-state index contributed by atoms with van der Waals surface area (Å²) in [6.07, 6.45) is 33.0. The third-order valence-corrected chi connectivity index (χ3v) is 27.6. The molecule has 12 aromatic rings. The number of nitrogens with one attached hydrogen (secondary N) is 7. The Bertz CT molecular complexity index is 6320. The monoisotopic (exact) mass is 1940 g/mol. The normalized spacial score (nSPS) is 17.9. The van der Waals surface area contributed by atoms with Crippen LogP contribution in [0.3, 0.4) is 0 Å². The summed E-state index contributed by atoms with van der Waals surface area (Å²) in [6, 6.07) is 35.9. The second-order valence-electron chi connectivity index (χ2n) is 37.8. The molecule has 17 rings (SSSR count). The van der Waals surface area contributed by atoms with Crippen molar-refractivity contribution in [1.29, 1.82) is 5.41 Å². The number of halogens is 1. The fraction of sp³-hybridized carbons (Fsp3) is 0.423. The van der Waals surface area contributed by atoms with E-state index in [0.717, 1.165) is 189 Å². The van der Waals surface area contributed by atoms with Crippen LogP contribution in [0.5, 0.6) is 0 Å². The van der Waals surface area contributed by atoms with Gasteiger partial charge in [-0.15, -0.1) is 46.8 Å². The van der Waals surface area contributed by atoms with E-state index in [4.69, 9.17) is 31.1 Å². The van der Waals surface area contributed by atoms with Crippen LogP contribution in [-0.2, 0) is 19.0 Å². The van der Waals surface area contributed by atoms with Gasteiger partial charge in [-0.05, 0) is 309 Å². The molecule has 3 amide bonds. The third-order valence-electron chi connectivity index (χ3n) is 25.1. The highest BCUT2D eigenvalue weighted by atomic mass is 35.5. The number of non-ortho nitro benzene ring substituents is 3. The number of thiophene rings is 2. The van der Waals surface area contributed by atoms with Gasteiger partial charge in [0.15, 0.2) is 0 Å². The number of hydrogen-bond donors (Lipinski definition) is 9. The summed E-state index contributed by atoms with van der Waals surface area (Å²) >= 11 is 4.68. The molecule has 0 aliphatic heterocycles. The van der Waals surface area contributed by atoms with Crippen LogP contribution in [0, 0.1) is 35.8 Å². The van der Waals surface area contributed by atoms with Crippen LogP contribution in [-0.4, -0.2) is 163 Å². The van der Waals surface area contributed by atoms with Crippen LogP contribution in [0.1, 0.15) is 249 Å². The largest absolute Gasteiger partial charge is 0.444 e. The molecule has 2 saturated carbocycles. The summed E-state index contributed by atoms with van der Waals surface area (Å²) in [5, 5.41) is 53.4. The first kappa shape index (κ1) is 105. The summed E-state index contributed by atoms with van der Waals surface area (Å²) in [5.74, 6) is 1.76. The Morgan fingerprint density at radius 3 is 1.26 bits per heavy atom. The lowest BCUT2D eigenvalue weighted by Gasteiger charge is -2.37. The first-order chi connectivity index (χ1) is 64.9. The van der Waals surface area contributed by atoms with E-state index >= 15 is 0 Å². The van der Waals surface area contributed by atoms with E-state index in [1.165, 1.54) is 51.4 Å². The van der Waals surface area contributed by atoms with Crippen molar-refractivity contribution in [2.75, 3.05) is 38.2 Å². The van der Waals surface area contributed by atoms with Crippen molar-refractivity contribution < 1.29 is 48.2 Å². The summed E-state index contributed by atoms with van der Waals surface area (Å²) in [7, 11) is 0. The quantitative estimate of drug-likeness (QED) is 0.00906. The molecular weight excluding hydrogens is 1810 g/mol. The van der Waals surface area contributed by atoms with Crippen LogP contribution in [0.25, 0.3) is 71.2 Å². The minimum atomic E-state index is -0.515. The van der Waals surface area contributed by atoms with Gasteiger partial charge < -0.3 is 70.6 Å². The Labute approximate surface area is 818 Å². The molecule has 11 N–H and O–H groups in total. The molecule has 2 unspecified atom stereocenters. The van der Waals surface area contributed by atoms with Crippen molar-refractivity contribution in [2.24, 2.45) is 10.7 Å². The first-order valence-corrected chi connectivity index (χ1v) is 50.0. The van der Waals surface area contributed by atoms with E-state index in [1.807, 2.05) is 177 Å². The van der Waals surface area contributed by atoms with Crippen LogP contribution in [0.4, 0.5) is 42.8 Å². The zero-order chi connectivity index (χ0) is 97.9. The van der Waals surface area contributed by atoms with E-state index in [2.05, 4.69) is 84.9 Å². The lowest BCUT2D eigenvalue weighted by molar-refractivity contribution is -0.384. The molecule has 730 valence electrons. The number of amides is 3. The molecule has 7 aromatic heterocycles. The van der Waals surface area contributed by atoms with Crippen LogP contribution in [0.2, 0.25) is 0 Å². The maximum absolute atomic E-state index is 12.7. The van der Waals surface area contributed by atoms with Gasteiger partial charge in [-0.25, -0.2) is 19.4 Å². The number of nitro benzene ring substituents is 3. The number of hydrogen-bond acceptors (Lipinski definition) is 20. The molecule has 0 saturated heterocycles. The highest BCUT2D eigenvalue weighted by Crippen LogP contribution is 2.44. The van der Waals surface area contributed by atoms with E-state index < -0.39 is 21.7 Å². The Balaban J connectivity index is 0.000000162. The number of nitrogens with zero attached hydrogens (tertiary/aromatic N) is 7. The molecule has 5 aromatic carbocycles. The number of rotatable bonds is 19. The number of fused-ring (bicyclic) bond motifs is 5. The van der Waals surface area contributed by atoms with Gasteiger partial charge in [-0.1, -0.05) is 37.3 Å². The molecule has 2 fully saturated rings. The van der Waals surface area contributed by atoms with E-state index in [0.29, 0.717) is 67.7 Å². The van der Waals surface area contributed by atoms with Gasteiger partial charge in [0.1, 0.15) is 33.5 Å². The molecule has 5 aliphatic carbocycles. The number of H-pyrrole nitrogens is 5. The maximum Gasteiger partial charge on any atom is 0.410 e. The fourth-order valence-electron chi connectivity index (χ4n) is 18.5. The molecule has 0 bridgehead atoms. The van der Waals surface area contributed by atoms with Crippen LogP contribution < -0.4 is 16.8 Å². The van der Waals surface area contributed by atoms with Crippen molar-refractivity contribution >= 4 is 181 Å². The zero-order valence-electron chi connectivity index (χ0n) is 80.8. The highest BCUT2D eigenvalue weighted by Gasteiger charge is 2.36. The smallest absolute Gasteiger partial charge is 0.410 e. The number of aromatic nitrogens is 5. The molecule has 2 atom stereocenters. The highest BCUT2D eigenvalue weighted by molar-refractivity contribution is 8.14. The predicted octanol–water partition coefficient (Wildman–Crippen LogP) is 26.5. The number of anilines is 1. The topological polar surface area (TPSA) is 414 Å². The summed E-state index contributed by atoms with van der Waals surface area (Å²) in [4.78, 5) is 109. The minimum Gasteiger partial charge on any atom is -0.444 e. The molecule has 0 radical (unpaired) electrons. The maximum atomic E-state index is 12.7. The number of thioether (sulfide) groups is 1. The Hall–Kier alpha value is -12.4. The van der Waals surface area contributed by atoms with Gasteiger partial charge in [0.05, 0.1) is 30.2 Å². The average molecular weight is 1940 g/mol. The van der Waals surface area contributed by atoms with Crippen molar-refractivity contribution in [3.8, 4) is 0 Å². The van der Waals surface area contributed by atoms with Crippen LogP contribution >= 0.6 is 46.8 Å². The number of nitrogens with two attached hydrogens (primary N) is 2. The van der Waals surface area contributed by atoms with Crippen molar-refractivity contribution in [2.45, 2.75) is 252 Å². The average Bonchev–Trinajstić information content (AvgIpc) is 1.68. The first-order valence-electron chi connectivity index (χ1n) is 47.0. The van der Waals surface area contributed by atoms with Gasteiger partial charge in [0.25, 0.3) is 17.1 Å². The summed E-state index contributed by atoms with van der Waals surface area (Å²) < 4.78 is 16.7. The number of benzene rings is 5. The molecule has 33 heteroatoms. The summed E-state index contributed by atoms with van der Waals surface area (Å²) in [5.41, 5.74) is 27.0. The second-order valence-corrected chi connectivity index (χ2v) is 40.5. The zero-order valence-corrected chi connectivity index (χ0v) is 84.0. The molecule has 5 aliphatic rings. The number of nitro groups is 3. The number of ketones is 1. The third kappa shape index (κ3) is 28.0. The van der Waals surface area contributed by atoms with E-state index in [-0.39, 0.29) is 81.5 Å². The number of carbonyl (C=O) groups excluding carboxylic acids is 4. The number of carbonyl (C=O) groups is 4. The Kier molecular flexibility index (Phi) is 36.5. The minimum absolute atomic E-state index is 0.